The van der Waals surface area contributed by atoms with Gasteiger partial charge >= 0.3 is 11.9 Å². The van der Waals surface area contributed by atoms with E-state index in [9.17, 15) is 14.4 Å². The molecule has 0 aliphatic rings. The molecule has 0 aliphatic heterocycles. The Kier molecular flexibility index (Phi) is 7.36. The lowest BCUT2D eigenvalue weighted by atomic mass is 10.1. The van der Waals surface area contributed by atoms with E-state index in [1.54, 1.807) is 36.4 Å². The summed E-state index contributed by atoms with van der Waals surface area (Å²) in [6.45, 7) is 5.67. The molecule has 0 aliphatic carbocycles. The Labute approximate surface area is 175 Å². The van der Waals surface area contributed by atoms with Crippen LogP contribution in [0.3, 0.4) is 0 Å². The smallest absolute Gasteiger partial charge is 0.343 e. The Morgan fingerprint density at radius 3 is 2.10 bits per heavy atom. The van der Waals surface area contributed by atoms with E-state index in [2.05, 4.69) is 10.1 Å². The molecule has 0 radical (unpaired) electrons. The highest BCUT2D eigenvalue weighted by Crippen LogP contribution is 2.29. The molecule has 0 spiro atoms. The second-order valence-electron chi connectivity index (χ2n) is 7.44. The minimum Gasteiger partial charge on any atom is -0.493 e. The molecule has 158 valence electrons. The average Bonchev–Trinajstić information content (AvgIpc) is 2.71. The van der Waals surface area contributed by atoms with Gasteiger partial charge in [-0.05, 0) is 68.8 Å². The van der Waals surface area contributed by atoms with E-state index in [0.29, 0.717) is 22.4 Å². The van der Waals surface area contributed by atoms with Gasteiger partial charge in [-0.15, -0.1) is 0 Å². The Bertz CT molecular complexity index is 955. The molecule has 2 aromatic rings. The van der Waals surface area contributed by atoms with Gasteiger partial charge in [0.2, 0.25) is 0 Å². The number of hydrogen-bond donors (Lipinski definition) is 1. The van der Waals surface area contributed by atoms with Gasteiger partial charge in [-0.2, -0.15) is 0 Å². The number of benzene rings is 2. The van der Waals surface area contributed by atoms with E-state index in [1.165, 1.54) is 32.4 Å². The highest BCUT2D eigenvalue weighted by Gasteiger charge is 2.17. The van der Waals surface area contributed by atoms with Crippen molar-refractivity contribution in [2.45, 2.75) is 26.3 Å². The van der Waals surface area contributed by atoms with E-state index >= 15 is 0 Å². The molecule has 7 heteroatoms. The SMILES string of the molecule is COC(=O)/C=C/c1ccc(OC(=O)c2ccc(C(=O)NC(C)(C)C)cc2)c(OC)c1. The van der Waals surface area contributed by atoms with E-state index in [-0.39, 0.29) is 17.2 Å². The Balaban J connectivity index is 2.12. The van der Waals surface area contributed by atoms with Crippen LogP contribution >= 0.6 is 0 Å². The van der Waals surface area contributed by atoms with Crippen LogP contribution in [0.25, 0.3) is 6.08 Å². The Hall–Kier alpha value is -3.61. The average molecular weight is 411 g/mol. The van der Waals surface area contributed by atoms with Gasteiger partial charge in [-0.1, -0.05) is 6.07 Å². The van der Waals surface area contributed by atoms with Gasteiger partial charge in [-0.3, -0.25) is 4.79 Å². The standard InChI is InChI=1S/C23H25NO6/c1-23(2,3)24-21(26)16-8-10-17(11-9-16)22(27)30-18-12-6-15(14-19(18)28-4)7-13-20(25)29-5/h6-14H,1-5H3,(H,24,26)/b13-7+. The number of amides is 1. The van der Waals surface area contributed by atoms with Crippen LogP contribution in [0, 0.1) is 0 Å². The van der Waals surface area contributed by atoms with E-state index in [4.69, 9.17) is 9.47 Å². The van der Waals surface area contributed by atoms with Crippen LogP contribution in [0.4, 0.5) is 0 Å². The van der Waals surface area contributed by atoms with Crippen molar-refractivity contribution in [2.24, 2.45) is 0 Å². The summed E-state index contributed by atoms with van der Waals surface area (Å²) >= 11 is 0. The maximum Gasteiger partial charge on any atom is 0.343 e. The van der Waals surface area contributed by atoms with E-state index in [1.807, 2.05) is 20.8 Å². The second-order valence-corrected chi connectivity index (χ2v) is 7.44. The van der Waals surface area contributed by atoms with Crippen molar-refractivity contribution in [1.82, 2.24) is 5.32 Å². The minimum atomic E-state index is -0.589. The molecular formula is C23H25NO6. The molecule has 0 fully saturated rings. The summed E-state index contributed by atoms with van der Waals surface area (Å²) in [6, 6.07) is 11.1. The molecule has 30 heavy (non-hydrogen) atoms. The van der Waals surface area contributed by atoms with Crippen molar-refractivity contribution in [3.63, 3.8) is 0 Å². The Morgan fingerprint density at radius 2 is 1.53 bits per heavy atom. The van der Waals surface area contributed by atoms with Crippen LogP contribution in [0.5, 0.6) is 11.5 Å². The summed E-state index contributed by atoms with van der Waals surface area (Å²) in [5.41, 5.74) is 1.05. The van der Waals surface area contributed by atoms with E-state index in [0.717, 1.165) is 0 Å². The zero-order valence-electron chi connectivity index (χ0n) is 17.6. The second kappa shape index (κ2) is 9.73. The van der Waals surface area contributed by atoms with Crippen LogP contribution < -0.4 is 14.8 Å². The molecule has 2 aromatic carbocycles. The van der Waals surface area contributed by atoms with Crippen molar-refractivity contribution >= 4 is 23.9 Å². The third kappa shape index (κ3) is 6.48. The van der Waals surface area contributed by atoms with Crippen LogP contribution in [0.15, 0.2) is 48.5 Å². The van der Waals surface area contributed by atoms with Crippen molar-refractivity contribution in [3.05, 3.63) is 65.2 Å². The van der Waals surface area contributed by atoms with Gasteiger partial charge in [-0.25, -0.2) is 9.59 Å². The Morgan fingerprint density at radius 1 is 0.900 bits per heavy atom. The summed E-state index contributed by atoms with van der Waals surface area (Å²) in [6.07, 6.45) is 2.83. The summed E-state index contributed by atoms with van der Waals surface area (Å²) in [5, 5.41) is 2.86. The molecule has 7 nitrogen and oxygen atoms in total. The van der Waals surface area contributed by atoms with Gasteiger partial charge in [0.25, 0.3) is 5.91 Å². The molecule has 1 N–H and O–H groups in total. The number of methoxy groups -OCH3 is 2. The zero-order valence-corrected chi connectivity index (χ0v) is 17.6. The highest BCUT2D eigenvalue weighted by molar-refractivity contribution is 5.97. The van der Waals surface area contributed by atoms with Crippen LogP contribution in [0.2, 0.25) is 0 Å². The predicted molar refractivity (Wildman–Crippen MR) is 113 cm³/mol. The third-order valence-corrected chi connectivity index (χ3v) is 3.87. The first-order chi connectivity index (χ1) is 14.1. The number of hydrogen-bond acceptors (Lipinski definition) is 6. The predicted octanol–water partition coefficient (Wildman–Crippen LogP) is 3.63. The molecule has 0 aromatic heterocycles. The summed E-state index contributed by atoms with van der Waals surface area (Å²) in [7, 11) is 2.74. The number of ether oxygens (including phenoxy) is 3. The third-order valence-electron chi connectivity index (χ3n) is 3.87. The molecule has 0 unspecified atom stereocenters. The molecule has 2 rings (SSSR count). The van der Waals surface area contributed by atoms with Gasteiger partial charge in [0.05, 0.1) is 19.8 Å². The highest BCUT2D eigenvalue weighted by atomic mass is 16.6. The van der Waals surface area contributed by atoms with Gasteiger partial charge in [0.1, 0.15) is 0 Å². The molecule has 0 bridgehead atoms. The van der Waals surface area contributed by atoms with Crippen molar-refractivity contribution in [3.8, 4) is 11.5 Å². The first-order valence-electron chi connectivity index (χ1n) is 9.22. The lowest BCUT2D eigenvalue weighted by Crippen LogP contribution is -2.40. The lowest BCUT2D eigenvalue weighted by Gasteiger charge is -2.20. The fourth-order valence-electron chi connectivity index (χ4n) is 2.43. The van der Waals surface area contributed by atoms with Crippen molar-refractivity contribution < 1.29 is 28.6 Å². The molecule has 1 amide bonds. The minimum absolute atomic E-state index is 0.223. The fourth-order valence-corrected chi connectivity index (χ4v) is 2.43. The quantitative estimate of drug-likeness (QED) is 0.443. The number of carbonyl (C=O) groups is 3. The topological polar surface area (TPSA) is 90.9 Å². The first kappa shape index (κ1) is 22.7. The number of nitrogens with one attached hydrogen (secondary N) is 1. The normalized spacial score (nSPS) is 11.1. The summed E-state index contributed by atoms with van der Waals surface area (Å²) in [4.78, 5) is 35.9. The molecule has 0 saturated carbocycles. The first-order valence-corrected chi connectivity index (χ1v) is 9.22. The summed E-state index contributed by atoms with van der Waals surface area (Å²) < 4.78 is 15.2. The van der Waals surface area contributed by atoms with Crippen LogP contribution in [-0.2, 0) is 9.53 Å². The zero-order chi connectivity index (χ0) is 22.3. The monoisotopic (exact) mass is 411 g/mol. The number of carbonyl (C=O) groups excluding carboxylic acids is 3. The molecule has 0 atom stereocenters. The van der Waals surface area contributed by atoms with Crippen LogP contribution in [-0.4, -0.2) is 37.6 Å². The largest absolute Gasteiger partial charge is 0.493 e. The van der Waals surface area contributed by atoms with Gasteiger partial charge < -0.3 is 19.5 Å². The fraction of sp³-hybridized carbons (Fsp3) is 0.261. The van der Waals surface area contributed by atoms with Gasteiger partial charge in [0.15, 0.2) is 11.5 Å². The number of rotatable bonds is 6. The van der Waals surface area contributed by atoms with Crippen LogP contribution in [0.1, 0.15) is 47.1 Å². The maximum absolute atomic E-state index is 12.5. The van der Waals surface area contributed by atoms with Crippen molar-refractivity contribution in [1.29, 1.82) is 0 Å². The van der Waals surface area contributed by atoms with Gasteiger partial charge in [0, 0.05) is 17.2 Å². The number of esters is 2. The summed E-state index contributed by atoms with van der Waals surface area (Å²) in [5.74, 6) is -0.735. The van der Waals surface area contributed by atoms with Crippen molar-refractivity contribution in [2.75, 3.05) is 14.2 Å². The van der Waals surface area contributed by atoms with E-state index < -0.39 is 11.9 Å². The maximum atomic E-state index is 12.5. The molecule has 0 heterocycles. The lowest BCUT2D eigenvalue weighted by molar-refractivity contribution is -0.134. The molecule has 0 saturated heterocycles. The molecular weight excluding hydrogens is 386 g/mol.